The SMILES string of the molecule is c1ccc(-c2cc(-c3ccccc3)cc(N(c3ccc(-c4ccc5ccccc5c4)cc3)c3cccc(-c4c5ccccc5cc5c4c4ccccc4n5-c4ccccc4)c3)c2)cc1. The summed E-state index contributed by atoms with van der Waals surface area (Å²) in [6.07, 6.45) is 0. The lowest BCUT2D eigenvalue weighted by Crippen LogP contribution is -2.10. The Labute approximate surface area is 373 Å². The fraction of sp³-hybridized carbons (Fsp3) is 0. The standard InChI is InChI=1S/C62H42N2/c1-4-17-43(18-5-1)51-38-52(44-19-6-2-7-20-44)41-56(40-51)63(54-35-33-46(34-36-54)48-32-31-45-21-10-11-22-47(45)37-48)55-27-16-24-50(39-55)61-57-28-13-12-23-49(57)42-60-62(61)58-29-14-15-30-59(58)64(60)53-25-8-3-9-26-53/h1-42H. The van der Waals surface area contributed by atoms with Crippen LogP contribution in [0.5, 0.6) is 0 Å². The highest BCUT2D eigenvalue weighted by Gasteiger charge is 2.21. The number of rotatable bonds is 8. The second-order valence-corrected chi connectivity index (χ2v) is 16.6. The minimum Gasteiger partial charge on any atom is -0.310 e. The van der Waals surface area contributed by atoms with E-state index in [1.807, 2.05) is 0 Å². The highest BCUT2D eigenvalue weighted by molar-refractivity contribution is 6.23. The summed E-state index contributed by atoms with van der Waals surface area (Å²) < 4.78 is 2.42. The van der Waals surface area contributed by atoms with Crippen molar-refractivity contribution in [2.45, 2.75) is 0 Å². The number of aromatic nitrogens is 1. The van der Waals surface area contributed by atoms with E-state index in [0.29, 0.717) is 0 Å². The summed E-state index contributed by atoms with van der Waals surface area (Å²) in [5.74, 6) is 0. The van der Waals surface area contributed by atoms with E-state index in [9.17, 15) is 0 Å². The van der Waals surface area contributed by atoms with Crippen molar-refractivity contribution < 1.29 is 0 Å². The van der Waals surface area contributed by atoms with Gasteiger partial charge in [0.1, 0.15) is 0 Å². The molecule has 0 N–H and O–H groups in total. The molecule has 0 aliphatic carbocycles. The molecule has 1 heterocycles. The summed E-state index contributed by atoms with van der Waals surface area (Å²) in [5, 5.41) is 7.40. The molecule has 0 saturated heterocycles. The normalized spacial score (nSPS) is 11.4. The Bertz CT molecular complexity index is 3590. The molecule has 0 fully saturated rings. The summed E-state index contributed by atoms with van der Waals surface area (Å²) >= 11 is 0. The maximum Gasteiger partial charge on any atom is 0.0553 e. The zero-order chi connectivity index (χ0) is 42.4. The number of hydrogen-bond acceptors (Lipinski definition) is 1. The zero-order valence-electron chi connectivity index (χ0n) is 35.1. The third-order valence-corrected chi connectivity index (χ3v) is 12.7. The van der Waals surface area contributed by atoms with E-state index >= 15 is 0 Å². The Morgan fingerprint density at radius 3 is 1.53 bits per heavy atom. The molecule has 0 saturated carbocycles. The second kappa shape index (κ2) is 15.8. The first-order chi connectivity index (χ1) is 31.7. The Balaban J connectivity index is 1.09. The van der Waals surface area contributed by atoms with Gasteiger partial charge in [-0.2, -0.15) is 0 Å². The van der Waals surface area contributed by atoms with Crippen LogP contribution in [0, 0.1) is 0 Å². The molecule has 2 nitrogen and oxygen atoms in total. The quantitative estimate of drug-likeness (QED) is 0.148. The lowest BCUT2D eigenvalue weighted by molar-refractivity contribution is 1.18. The predicted octanol–water partition coefficient (Wildman–Crippen LogP) is 17.2. The molecule has 0 amide bonds. The van der Waals surface area contributed by atoms with Gasteiger partial charge in [-0.3, -0.25) is 0 Å². The average Bonchev–Trinajstić information content (AvgIpc) is 3.70. The smallest absolute Gasteiger partial charge is 0.0553 e. The number of anilines is 3. The van der Waals surface area contributed by atoms with Gasteiger partial charge in [0, 0.05) is 33.5 Å². The highest BCUT2D eigenvalue weighted by Crippen LogP contribution is 2.46. The van der Waals surface area contributed by atoms with Crippen LogP contribution in [0.3, 0.4) is 0 Å². The van der Waals surface area contributed by atoms with Gasteiger partial charge in [0.15, 0.2) is 0 Å². The van der Waals surface area contributed by atoms with Gasteiger partial charge in [-0.25, -0.2) is 0 Å². The lowest BCUT2D eigenvalue weighted by Gasteiger charge is -2.28. The van der Waals surface area contributed by atoms with E-state index in [4.69, 9.17) is 0 Å². The van der Waals surface area contributed by atoms with Crippen molar-refractivity contribution in [3.05, 3.63) is 255 Å². The van der Waals surface area contributed by atoms with Crippen molar-refractivity contribution >= 4 is 60.4 Å². The largest absolute Gasteiger partial charge is 0.310 e. The Morgan fingerprint density at radius 2 is 0.812 bits per heavy atom. The van der Waals surface area contributed by atoms with Crippen molar-refractivity contribution in [3.63, 3.8) is 0 Å². The van der Waals surface area contributed by atoms with Gasteiger partial charge >= 0.3 is 0 Å². The van der Waals surface area contributed by atoms with E-state index in [0.717, 1.165) is 39.4 Å². The number of fused-ring (bicyclic) bond motifs is 5. The van der Waals surface area contributed by atoms with E-state index in [2.05, 4.69) is 264 Å². The third kappa shape index (κ3) is 6.61. The zero-order valence-corrected chi connectivity index (χ0v) is 35.1. The van der Waals surface area contributed by atoms with Crippen molar-refractivity contribution in [1.82, 2.24) is 4.57 Å². The molecule has 0 atom stereocenters. The Morgan fingerprint density at radius 1 is 0.266 bits per heavy atom. The van der Waals surface area contributed by atoms with Crippen LogP contribution >= 0.6 is 0 Å². The molecule has 1 aromatic heterocycles. The number of hydrogen-bond donors (Lipinski definition) is 0. The summed E-state index contributed by atoms with van der Waals surface area (Å²) in [4.78, 5) is 2.43. The first-order valence-electron chi connectivity index (χ1n) is 22.0. The molecule has 64 heavy (non-hydrogen) atoms. The molecule has 0 radical (unpaired) electrons. The number of benzene rings is 11. The first kappa shape index (κ1) is 37.3. The van der Waals surface area contributed by atoms with Crippen LogP contribution in [0.1, 0.15) is 0 Å². The van der Waals surface area contributed by atoms with Crippen molar-refractivity contribution in [2.75, 3.05) is 4.90 Å². The summed E-state index contributed by atoms with van der Waals surface area (Å²) in [5.41, 5.74) is 16.2. The summed E-state index contributed by atoms with van der Waals surface area (Å²) in [6.45, 7) is 0. The minimum absolute atomic E-state index is 1.08. The monoisotopic (exact) mass is 814 g/mol. The van der Waals surface area contributed by atoms with Crippen LogP contribution in [-0.4, -0.2) is 4.57 Å². The van der Waals surface area contributed by atoms with E-state index in [1.54, 1.807) is 0 Å². The van der Waals surface area contributed by atoms with Crippen LogP contribution in [-0.2, 0) is 0 Å². The van der Waals surface area contributed by atoms with Crippen molar-refractivity contribution in [1.29, 1.82) is 0 Å². The van der Waals surface area contributed by atoms with Gasteiger partial charge in [0.05, 0.1) is 11.0 Å². The molecular formula is C62H42N2. The van der Waals surface area contributed by atoms with Gasteiger partial charge in [0.2, 0.25) is 0 Å². The molecule has 2 heteroatoms. The lowest BCUT2D eigenvalue weighted by atomic mass is 9.92. The van der Waals surface area contributed by atoms with E-state index < -0.39 is 0 Å². The fourth-order valence-corrected chi connectivity index (χ4v) is 9.70. The van der Waals surface area contributed by atoms with Gasteiger partial charge in [0.25, 0.3) is 0 Å². The Hall–Kier alpha value is -8.46. The van der Waals surface area contributed by atoms with Crippen LogP contribution in [0.25, 0.3) is 93.5 Å². The highest BCUT2D eigenvalue weighted by atomic mass is 15.1. The number of para-hydroxylation sites is 2. The molecule has 0 bridgehead atoms. The molecule has 0 aliphatic rings. The van der Waals surface area contributed by atoms with E-state index in [-0.39, 0.29) is 0 Å². The van der Waals surface area contributed by atoms with E-state index in [1.165, 1.54) is 71.2 Å². The predicted molar refractivity (Wildman–Crippen MR) is 272 cm³/mol. The molecule has 12 rings (SSSR count). The number of nitrogens with zero attached hydrogens (tertiary/aromatic N) is 2. The molecule has 0 spiro atoms. The fourth-order valence-electron chi connectivity index (χ4n) is 9.70. The molecule has 0 aliphatic heterocycles. The van der Waals surface area contributed by atoms with Gasteiger partial charge < -0.3 is 9.47 Å². The molecule has 300 valence electrons. The van der Waals surface area contributed by atoms with Gasteiger partial charge in [-0.1, -0.05) is 182 Å². The van der Waals surface area contributed by atoms with Crippen LogP contribution in [0.2, 0.25) is 0 Å². The summed E-state index contributed by atoms with van der Waals surface area (Å²) in [6, 6.07) is 92.9. The van der Waals surface area contributed by atoms with Crippen LogP contribution in [0.4, 0.5) is 17.1 Å². The van der Waals surface area contributed by atoms with Gasteiger partial charge in [-0.05, 0) is 139 Å². The third-order valence-electron chi connectivity index (χ3n) is 12.7. The maximum absolute atomic E-state index is 2.43. The second-order valence-electron chi connectivity index (χ2n) is 16.6. The summed E-state index contributed by atoms with van der Waals surface area (Å²) in [7, 11) is 0. The van der Waals surface area contributed by atoms with Gasteiger partial charge in [-0.15, -0.1) is 0 Å². The topological polar surface area (TPSA) is 8.17 Å². The molecule has 12 aromatic rings. The van der Waals surface area contributed by atoms with Crippen LogP contribution in [0.15, 0.2) is 255 Å². The van der Waals surface area contributed by atoms with Crippen molar-refractivity contribution in [3.8, 4) is 50.2 Å². The molecule has 11 aromatic carbocycles. The van der Waals surface area contributed by atoms with Crippen molar-refractivity contribution in [2.24, 2.45) is 0 Å². The molecule has 0 unspecified atom stereocenters. The maximum atomic E-state index is 2.43. The average molecular weight is 815 g/mol. The van der Waals surface area contributed by atoms with Crippen LogP contribution < -0.4 is 4.90 Å². The minimum atomic E-state index is 1.08. The Kier molecular flexibility index (Phi) is 9.20. The first-order valence-corrected chi connectivity index (χ1v) is 22.0. The molecular weight excluding hydrogens is 773 g/mol.